The molecule has 17 heavy (non-hydrogen) atoms. The van der Waals surface area contributed by atoms with Crippen LogP contribution in [0.5, 0.6) is 0 Å². The zero-order valence-electron chi connectivity index (χ0n) is 11.2. The van der Waals surface area contributed by atoms with Crippen LogP contribution in [-0.2, 0) is 4.79 Å². The van der Waals surface area contributed by atoms with E-state index in [1.807, 2.05) is 45.0 Å². The zero-order valence-corrected chi connectivity index (χ0v) is 11.2. The second-order valence-electron chi connectivity index (χ2n) is 4.66. The highest BCUT2D eigenvalue weighted by molar-refractivity contribution is 5.99. The highest BCUT2D eigenvalue weighted by Crippen LogP contribution is 2.19. The van der Waals surface area contributed by atoms with Gasteiger partial charge in [-0.05, 0) is 39.3 Å². The summed E-state index contributed by atoms with van der Waals surface area (Å²) >= 11 is 0. The number of hydrogen-bond acceptors (Lipinski definition) is 2. The smallest absolute Gasteiger partial charge is 0.246 e. The Morgan fingerprint density at radius 2 is 1.82 bits per heavy atom. The number of carbonyl (C=O) groups excluding carboxylic acids is 1. The van der Waals surface area contributed by atoms with E-state index in [1.165, 1.54) is 5.56 Å². The predicted molar refractivity (Wildman–Crippen MR) is 72.1 cm³/mol. The summed E-state index contributed by atoms with van der Waals surface area (Å²) in [5.74, 6) is -0.0219. The van der Waals surface area contributed by atoms with Crippen LogP contribution >= 0.6 is 0 Å². The Kier molecular flexibility index (Phi) is 4.29. The Balaban J connectivity index is 3.00. The van der Waals surface area contributed by atoms with E-state index in [1.54, 1.807) is 11.8 Å². The molecule has 3 nitrogen and oxygen atoms in total. The van der Waals surface area contributed by atoms with Crippen LogP contribution in [0.15, 0.2) is 24.3 Å². The summed E-state index contributed by atoms with van der Waals surface area (Å²) < 4.78 is 0. The van der Waals surface area contributed by atoms with E-state index in [0.717, 1.165) is 5.69 Å². The van der Waals surface area contributed by atoms with Gasteiger partial charge >= 0.3 is 0 Å². The molecule has 94 valence electrons. The van der Waals surface area contributed by atoms with Crippen molar-refractivity contribution in [2.45, 2.75) is 39.7 Å². The molecule has 0 aliphatic carbocycles. The van der Waals surface area contributed by atoms with Crippen molar-refractivity contribution in [2.24, 2.45) is 5.73 Å². The Morgan fingerprint density at radius 1 is 1.29 bits per heavy atom. The molecule has 1 amide bonds. The van der Waals surface area contributed by atoms with Gasteiger partial charge in [0.25, 0.3) is 0 Å². The molecular formula is C14H22N2O. The summed E-state index contributed by atoms with van der Waals surface area (Å²) in [4.78, 5) is 14.1. The molecule has 1 unspecified atom stereocenters. The summed E-state index contributed by atoms with van der Waals surface area (Å²) in [7, 11) is 0. The summed E-state index contributed by atoms with van der Waals surface area (Å²) in [6, 6.07) is 7.93. The number of hydrogen-bond donors (Lipinski definition) is 1. The van der Waals surface area contributed by atoms with Crippen molar-refractivity contribution in [2.75, 3.05) is 11.4 Å². The fourth-order valence-electron chi connectivity index (χ4n) is 1.63. The van der Waals surface area contributed by atoms with Gasteiger partial charge in [-0.15, -0.1) is 0 Å². The van der Waals surface area contributed by atoms with Crippen LogP contribution in [0.1, 0.15) is 32.8 Å². The second kappa shape index (κ2) is 5.32. The third-order valence-electron chi connectivity index (χ3n) is 3.13. The minimum atomic E-state index is -0.791. The maximum absolute atomic E-state index is 12.3. The highest BCUT2D eigenvalue weighted by atomic mass is 16.2. The first-order chi connectivity index (χ1) is 7.92. The minimum absolute atomic E-state index is 0.0219. The number of anilines is 1. The molecule has 0 heterocycles. The van der Waals surface area contributed by atoms with Crippen molar-refractivity contribution in [3.63, 3.8) is 0 Å². The quantitative estimate of drug-likeness (QED) is 0.870. The average Bonchev–Trinajstić information content (AvgIpc) is 2.32. The van der Waals surface area contributed by atoms with E-state index < -0.39 is 5.54 Å². The normalized spacial score (nSPS) is 14.2. The van der Waals surface area contributed by atoms with Crippen LogP contribution in [0.25, 0.3) is 0 Å². The van der Waals surface area contributed by atoms with Crippen LogP contribution in [0.2, 0.25) is 0 Å². The molecule has 0 aliphatic rings. The Morgan fingerprint density at radius 3 is 2.24 bits per heavy atom. The first-order valence-corrected chi connectivity index (χ1v) is 6.10. The van der Waals surface area contributed by atoms with E-state index in [0.29, 0.717) is 13.0 Å². The monoisotopic (exact) mass is 234 g/mol. The highest BCUT2D eigenvalue weighted by Gasteiger charge is 2.30. The van der Waals surface area contributed by atoms with Crippen molar-refractivity contribution in [1.29, 1.82) is 0 Å². The number of likely N-dealkylation sites (N-methyl/N-ethyl adjacent to an activating group) is 1. The molecule has 1 aromatic carbocycles. The molecule has 0 saturated carbocycles. The number of benzene rings is 1. The van der Waals surface area contributed by atoms with Crippen LogP contribution in [-0.4, -0.2) is 18.0 Å². The number of rotatable bonds is 4. The predicted octanol–water partition coefficient (Wildman–Crippen LogP) is 2.48. The number of nitrogens with zero attached hydrogens (tertiary/aromatic N) is 1. The molecule has 3 heteroatoms. The Hall–Kier alpha value is -1.35. The third kappa shape index (κ3) is 3.07. The fraction of sp³-hybridized carbons (Fsp3) is 0.500. The number of aryl methyl sites for hydroxylation is 1. The molecule has 0 fully saturated rings. The van der Waals surface area contributed by atoms with Crippen molar-refractivity contribution < 1.29 is 4.79 Å². The van der Waals surface area contributed by atoms with Gasteiger partial charge in [0.05, 0.1) is 5.54 Å². The molecule has 1 atom stereocenters. The average molecular weight is 234 g/mol. The van der Waals surface area contributed by atoms with Crippen LogP contribution in [0.4, 0.5) is 5.69 Å². The minimum Gasteiger partial charge on any atom is -0.318 e. The molecule has 0 radical (unpaired) electrons. The topological polar surface area (TPSA) is 46.3 Å². The van der Waals surface area contributed by atoms with Crippen LogP contribution < -0.4 is 10.6 Å². The molecular weight excluding hydrogens is 212 g/mol. The van der Waals surface area contributed by atoms with E-state index in [2.05, 4.69) is 0 Å². The molecule has 0 spiro atoms. The Bertz CT molecular complexity index is 382. The van der Waals surface area contributed by atoms with Crippen molar-refractivity contribution in [3.8, 4) is 0 Å². The molecule has 1 aromatic rings. The summed E-state index contributed by atoms with van der Waals surface area (Å²) in [5, 5.41) is 0. The number of nitrogens with two attached hydrogens (primary N) is 1. The molecule has 0 aliphatic heterocycles. The molecule has 1 rings (SSSR count). The summed E-state index contributed by atoms with van der Waals surface area (Å²) in [5.41, 5.74) is 7.32. The van der Waals surface area contributed by atoms with Crippen LogP contribution in [0.3, 0.4) is 0 Å². The Labute approximate surface area is 104 Å². The van der Waals surface area contributed by atoms with Gasteiger partial charge < -0.3 is 10.6 Å². The van der Waals surface area contributed by atoms with Gasteiger partial charge in [-0.25, -0.2) is 0 Å². The van der Waals surface area contributed by atoms with E-state index in [-0.39, 0.29) is 5.91 Å². The van der Waals surface area contributed by atoms with Crippen molar-refractivity contribution >= 4 is 11.6 Å². The lowest BCUT2D eigenvalue weighted by molar-refractivity contribution is -0.123. The lowest BCUT2D eigenvalue weighted by Gasteiger charge is -2.30. The van der Waals surface area contributed by atoms with Crippen LogP contribution in [0, 0.1) is 6.92 Å². The summed E-state index contributed by atoms with van der Waals surface area (Å²) in [6.07, 6.45) is 0.633. The van der Waals surface area contributed by atoms with Gasteiger partial charge in [0.1, 0.15) is 0 Å². The van der Waals surface area contributed by atoms with Gasteiger partial charge in [0, 0.05) is 12.2 Å². The SMILES string of the molecule is CCN(C(=O)C(C)(N)CC)c1ccc(C)cc1. The van der Waals surface area contributed by atoms with Crippen molar-refractivity contribution in [3.05, 3.63) is 29.8 Å². The second-order valence-corrected chi connectivity index (χ2v) is 4.66. The lowest BCUT2D eigenvalue weighted by Crippen LogP contribution is -2.53. The fourth-order valence-corrected chi connectivity index (χ4v) is 1.63. The lowest BCUT2D eigenvalue weighted by atomic mass is 9.98. The van der Waals surface area contributed by atoms with Gasteiger partial charge in [0.2, 0.25) is 5.91 Å². The standard InChI is InChI=1S/C14H22N2O/c1-5-14(4,15)13(17)16(6-2)12-9-7-11(3)8-10-12/h7-10H,5-6,15H2,1-4H3. The third-order valence-corrected chi connectivity index (χ3v) is 3.13. The van der Waals surface area contributed by atoms with Gasteiger partial charge in [0.15, 0.2) is 0 Å². The summed E-state index contributed by atoms with van der Waals surface area (Å²) in [6.45, 7) is 8.34. The first kappa shape index (κ1) is 13.7. The molecule has 0 bridgehead atoms. The zero-order chi connectivity index (χ0) is 13.1. The first-order valence-electron chi connectivity index (χ1n) is 6.10. The van der Waals surface area contributed by atoms with Crippen molar-refractivity contribution in [1.82, 2.24) is 0 Å². The van der Waals surface area contributed by atoms with E-state index in [4.69, 9.17) is 5.73 Å². The largest absolute Gasteiger partial charge is 0.318 e. The molecule has 0 aromatic heterocycles. The van der Waals surface area contributed by atoms with E-state index >= 15 is 0 Å². The van der Waals surface area contributed by atoms with Gasteiger partial charge in [-0.3, -0.25) is 4.79 Å². The molecule has 2 N–H and O–H groups in total. The van der Waals surface area contributed by atoms with Gasteiger partial charge in [-0.2, -0.15) is 0 Å². The number of carbonyl (C=O) groups is 1. The molecule has 0 saturated heterocycles. The number of amides is 1. The maximum atomic E-state index is 12.3. The maximum Gasteiger partial charge on any atom is 0.246 e. The van der Waals surface area contributed by atoms with Gasteiger partial charge in [-0.1, -0.05) is 24.6 Å². The van der Waals surface area contributed by atoms with E-state index in [9.17, 15) is 4.79 Å².